The van der Waals surface area contributed by atoms with E-state index in [1.165, 1.54) is 7.11 Å². The molecule has 0 aliphatic heterocycles. The van der Waals surface area contributed by atoms with E-state index < -0.39 is 5.97 Å². The molecule has 4 nitrogen and oxygen atoms in total. The van der Waals surface area contributed by atoms with Crippen molar-refractivity contribution >= 4 is 46.3 Å². The lowest BCUT2D eigenvalue weighted by Gasteiger charge is -2.11. The molecule has 0 fully saturated rings. The molecule has 2 N–H and O–H groups in total. The van der Waals surface area contributed by atoms with E-state index in [9.17, 15) is 4.79 Å². The Balaban J connectivity index is 2.04. The molecule has 0 bridgehead atoms. The van der Waals surface area contributed by atoms with Gasteiger partial charge in [0.05, 0.1) is 12.7 Å². The van der Waals surface area contributed by atoms with Gasteiger partial charge in [-0.3, -0.25) is 0 Å². The van der Waals surface area contributed by atoms with Crippen molar-refractivity contribution in [3.8, 4) is 0 Å². The monoisotopic (exact) mass is 320 g/mol. The molecule has 2 aromatic rings. The third-order valence-electron chi connectivity index (χ3n) is 2.62. The van der Waals surface area contributed by atoms with Crippen molar-refractivity contribution in [1.29, 1.82) is 0 Å². The molecule has 0 amide bonds. The topological polar surface area (TPSA) is 50.4 Å². The number of halogens is 1. The summed E-state index contributed by atoms with van der Waals surface area (Å²) in [5, 5.41) is 7.04. The van der Waals surface area contributed by atoms with E-state index in [2.05, 4.69) is 15.4 Å². The minimum atomic E-state index is -0.396. The average molecular weight is 321 g/mol. The van der Waals surface area contributed by atoms with Gasteiger partial charge < -0.3 is 15.4 Å². The number of thiocarbonyl (C=S) groups is 1. The van der Waals surface area contributed by atoms with Gasteiger partial charge in [-0.15, -0.1) is 0 Å². The number of esters is 1. The summed E-state index contributed by atoms with van der Waals surface area (Å²) in [5.41, 5.74) is 1.93. The summed E-state index contributed by atoms with van der Waals surface area (Å²) in [7, 11) is 1.34. The number of nitrogens with one attached hydrogen (secondary N) is 2. The number of hydrogen-bond donors (Lipinski definition) is 2. The zero-order chi connectivity index (χ0) is 15.2. The average Bonchev–Trinajstić information content (AvgIpc) is 2.46. The zero-order valence-corrected chi connectivity index (χ0v) is 12.8. The Bertz CT molecular complexity index is 676. The lowest BCUT2D eigenvalue weighted by molar-refractivity contribution is 0.0601. The summed E-state index contributed by atoms with van der Waals surface area (Å²) >= 11 is 11.1. The van der Waals surface area contributed by atoms with Crippen LogP contribution in [0.25, 0.3) is 0 Å². The van der Waals surface area contributed by atoms with Gasteiger partial charge in [-0.25, -0.2) is 4.79 Å². The largest absolute Gasteiger partial charge is 0.465 e. The molecule has 0 unspecified atom stereocenters. The first-order valence-corrected chi connectivity index (χ1v) is 6.89. The summed E-state index contributed by atoms with van der Waals surface area (Å²) in [6, 6.07) is 14.1. The van der Waals surface area contributed by atoms with Crippen LogP contribution < -0.4 is 10.6 Å². The van der Waals surface area contributed by atoms with Gasteiger partial charge in [-0.05, 0) is 48.6 Å². The molecule has 0 saturated heterocycles. The van der Waals surface area contributed by atoms with Crippen molar-refractivity contribution in [1.82, 2.24) is 0 Å². The number of methoxy groups -OCH3 is 1. The second-order valence-corrected chi connectivity index (χ2v) is 5.01. The maximum atomic E-state index is 11.5. The van der Waals surface area contributed by atoms with Crippen LogP contribution in [-0.4, -0.2) is 18.2 Å². The molecule has 0 saturated carbocycles. The third kappa shape index (κ3) is 4.44. The van der Waals surface area contributed by atoms with Gasteiger partial charge >= 0.3 is 5.97 Å². The first-order valence-electron chi connectivity index (χ1n) is 6.10. The van der Waals surface area contributed by atoms with E-state index in [0.717, 1.165) is 5.69 Å². The molecule has 0 spiro atoms. The zero-order valence-electron chi connectivity index (χ0n) is 11.2. The van der Waals surface area contributed by atoms with Crippen molar-refractivity contribution in [2.75, 3.05) is 17.7 Å². The van der Waals surface area contributed by atoms with Gasteiger partial charge in [0.1, 0.15) is 0 Å². The molecule has 0 aliphatic rings. The fourth-order valence-corrected chi connectivity index (χ4v) is 2.13. The molecule has 0 radical (unpaired) electrons. The first-order chi connectivity index (χ1) is 10.1. The lowest BCUT2D eigenvalue weighted by Crippen LogP contribution is -2.19. The summed E-state index contributed by atoms with van der Waals surface area (Å²) in [6.45, 7) is 0. The van der Waals surface area contributed by atoms with E-state index in [-0.39, 0.29) is 0 Å². The molecular formula is C15H13ClN2O2S. The minimum absolute atomic E-state index is 0.396. The van der Waals surface area contributed by atoms with E-state index in [1.807, 2.05) is 12.1 Å². The molecule has 0 heterocycles. The Morgan fingerprint density at radius 1 is 1.10 bits per heavy atom. The normalized spacial score (nSPS) is 9.81. The highest BCUT2D eigenvalue weighted by Gasteiger charge is 2.06. The highest BCUT2D eigenvalue weighted by atomic mass is 35.5. The first kappa shape index (κ1) is 15.3. The lowest BCUT2D eigenvalue weighted by atomic mass is 10.2. The number of rotatable bonds is 3. The van der Waals surface area contributed by atoms with Crippen molar-refractivity contribution in [3.05, 3.63) is 59.1 Å². The second kappa shape index (κ2) is 7.06. The van der Waals surface area contributed by atoms with E-state index >= 15 is 0 Å². The van der Waals surface area contributed by atoms with Crippen molar-refractivity contribution < 1.29 is 9.53 Å². The smallest absolute Gasteiger partial charge is 0.337 e. The van der Waals surface area contributed by atoms with Crippen molar-refractivity contribution in [2.45, 2.75) is 0 Å². The van der Waals surface area contributed by atoms with Gasteiger partial charge in [0.2, 0.25) is 0 Å². The highest BCUT2D eigenvalue weighted by molar-refractivity contribution is 7.80. The van der Waals surface area contributed by atoms with Crippen LogP contribution in [0.3, 0.4) is 0 Å². The summed E-state index contributed by atoms with van der Waals surface area (Å²) < 4.78 is 4.68. The van der Waals surface area contributed by atoms with Crippen LogP contribution in [0.5, 0.6) is 0 Å². The Labute approximate surface area is 133 Å². The van der Waals surface area contributed by atoms with Crippen molar-refractivity contribution in [3.63, 3.8) is 0 Å². The number of benzene rings is 2. The number of anilines is 2. The Hall–Kier alpha value is -2.11. The number of carbonyl (C=O) groups excluding carboxylic acids is 1. The Kier molecular flexibility index (Phi) is 5.14. The maximum Gasteiger partial charge on any atom is 0.337 e. The molecule has 108 valence electrons. The molecule has 2 rings (SSSR count). The standard InChI is InChI=1S/C15H13ClN2O2S/c1-20-14(19)10-4-2-6-12(8-10)17-15(21)18-13-7-3-5-11(16)9-13/h2-9H,1H3,(H2,17,18,21). The van der Waals surface area contributed by atoms with Crippen LogP contribution in [0.15, 0.2) is 48.5 Å². The Morgan fingerprint density at radius 3 is 2.33 bits per heavy atom. The molecule has 0 aliphatic carbocycles. The number of hydrogen-bond acceptors (Lipinski definition) is 3. The van der Waals surface area contributed by atoms with Crippen LogP contribution in [-0.2, 0) is 4.74 Å². The molecule has 0 atom stereocenters. The van der Waals surface area contributed by atoms with E-state index in [1.54, 1.807) is 36.4 Å². The predicted molar refractivity (Wildman–Crippen MR) is 89.1 cm³/mol. The second-order valence-electron chi connectivity index (χ2n) is 4.16. The number of carbonyl (C=O) groups is 1. The third-order valence-corrected chi connectivity index (χ3v) is 3.06. The Morgan fingerprint density at radius 2 is 1.71 bits per heavy atom. The molecular weight excluding hydrogens is 308 g/mol. The summed E-state index contributed by atoms with van der Waals surface area (Å²) in [4.78, 5) is 11.5. The van der Waals surface area contributed by atoms with Crippen LogP contribution in [0.1, 0.15) is 10.4 Å². The summed E-state index contributed by atoms with van der Waals surface area (Å²) in [6.07, 6.45) is 0. The maximum absolute atomic E-state index is 11.5. The molecule has 6 heteroatoms. The van der Waals surface area contributed by atoms with Crippen LogP contribution >= 0.6 is 23.8 Å². The fraction of sp³-hybridized carbons (Fsp3) is 0.0667. The van der Waals surface area contributed by atoms with Gasteiger partial charge in [0, 0.05) is 16.4 Å². The van der Waals surface area contributed by atoms with Gasteiger partial charge in [0.25, 0.3) is 0 Å². The SMILES string of the molecule is COC(=O)c1cccc(NC(=S)Nc2cccc(Cl)c2)c1. The summed E-state index contributed by atoms with van der Waals surface area (Å²) in [5.74, 6) is -0.396. The fourth-order valence-electron chi connectivity index (χ4n) is 1.70. The van der Waals surface area contributed by atoms with Crippen LogP contribution in [0.4, 0.5) is 11.4 Å². The van der Waals surface area contributed by atoms with Gasteiger partial charge in [-0.2, -0.15) is 0 Å². The minimum Gasteiger partial charge on any atom is -0.465 e. The molecule has 0 aromatic heterocycles. The molecule has 2 aromatic carbocycles. The highest BCUT2D eigenvalue weighted by Crippen LogP contribution is 2.16. The molecule has 21 heavy (non-hydrogen) atoms. The predicted octanol–water partition coefficient (Wildman–Crippen LogP) is 3.94. The van der Waals surface area contributed by atoms with E-state index in [4.69, 9.17) is 23.8 Å². The van der Waals surface area contributed by atoms with Crippen LogP contribution in [0.2, 0.25) is 5.02 Å². The van der Waals surface area contributed by atoms with E-state index in [0.29, 0.717) is 21.4 Å². The van der Waals surface area contributed by atoms with Gasteiger partial charge in [-0.1, -0.05) is 23.7 Å². The number of ether oxygens (including phenoxy) is 1. The van der Waals surface area contributed by atoms with Crippen LogP contribution in [0, 0.1) is 0 Å². The quantitative estimate of drug-likeness (QED) is 0.663. The van der Waals surface area contributed by atoms with Crippen molar-refractivity contribution in [2.24, 2.45) is 0 Å². The van der Waals surface area contributed by atoms with Gasteiger partial charge in [0.15, 0.2) is 5.11 Å².